The van der Waals surface area contributed by atoms with Crippen LogP contribution in [0.2, 0.25) is 0 Å². The zero-order valence-corrected chi connectivity index (χ0v) is 11.8. The highest BCUT2D eigenvalue weighted by atomic mass is 79.9. The zero-order chi connectivity index (χ0) is 11.5. The second kappa shape index (κ2) is 6.59. The lowest BCUT2D eigenvalue weighted by Gasteiger charge is -2.28. The van der Waals surface area contributed by atoms with Gasteiger partial charge in [-0.25, -0.2) is 0 Å². The molecule has 0 spiro atoms. The first kappa shape index (κ1) is 14.8. The third-order valence-corrected chi connectivity index (χ3v) is 3.62. The Morgan fingerprint density at radius 3 is 2.65 bits per heavy atom. The summed E-state index contributed by atoms with van der Waals surface area (Å²) in [5.41, 5.74) is 7.02. The largest absolute Gasteiger partial charge is 0.508 e. The summed E-state index contributed by atoms with van der Waals surface area (Å²) in [6.45, 7) is 1.54. The minimum Gasteiger partial charge on any atom is -0.508 e. The van der Waals surface area contributed by atoms with E-state index in [1.54, 1.807) is 6.07 Å². The Morgan fingerprint density at radius 1 is 1.35 bits per heavy atom. The number of phenolic OH excluding ortho intramolecular Hbond substituents is 1. The quantitative estimate of drug-likeness (QED) is 0.880. The van der Waals surface area contributed by atoms with Crippen LogP contribution in [0.25, 0.3) is 0 Å². The molecule has 0 unspecified atom stereocenters. The molecule has 1 aromatic rings. The predicted octanol–water partition coefficient (Wildman–Crippen LogP) is 3.00. The Labute approximate surface area is 116 Å². The van der Waals surface area contributed by atoms with Crippen LogP contribution in [0.4, 0.5) is 0 Å². The molecule has 0 saturated carbocycles. The first-order chi connectivity index (χ1) is 7.68. The average Bonchev–Trinajstić information content (AvgIpc) is 2.32. The van der Waals surface area contributed by atoms with E-state index in [1.807, 2.05) is 12.1 Å². The van der Waals surface area contributed by atoms with Crippen LogP contribution in [0.1, 0.15) is 24.4 Å². The molecule has 3 N–H and O–H groups in total. The fourth-order valence-electron chi connectivity index (χ4n) is 2.12. The van der Waals surface area contributed by atoms with Gasteiger partial charge in [0.25, 0.3) is 0 Å². The Balaban J connectivity index is 0.00000144. The van der Waals surface area contributed by atoms with Crippen molar-refractivity contribution in [2.75, 3.05) is 13.2 Å². The second-order valence-corrected chi connectivity index (χ2v) is 5.09. The summed E-state index contributed by atoms with van der Waals surface area (Å²) in [7, 11) is 0. The molecule has 96 valence electrons. The summed E-state index contributed by atoms with van der Waals surface area (Å²) in [6, 6.07) is 5.28. The molecule has 1 heterocycles. The summed E-state index contributed by atoms with van der Waals surface area (Å²) in [5, 5.41) is 9.80. The number of ether oxygens (including phenoxy) is 1. The highest BCUT2D eigenvalue weighted by molar-refractivity contribution is 9.10. The minimum atomic E-state index is -0.110. The molecular formula is C12H17BrClNO2. The van der Waals surface area contributed by atoms with Crippen LogP contribution < -0.4 is 5.73 Å². The molecule has 0 aromatic heterocycles. The van der Waals surface area contributed by atoms with Crippen molar-refractivity contribution in [2.24, 2.45) is 11.7 Å². The Bertz CT molecular complexity index is 370. The topological polar surface area (TPSA) is 55.5 Å². The van der Waals surface area contributed by atoms with Crippen LogP contribution in [0.5, 0.6) is 5.75 Å². The van der Waals surface area contributed by atoms with Gasteiger partial charge in [0, 0.05) is 29.3 Å². The van der Waals surface area contributed by atoms with Gasteiger partial charge >= 0.3 is 0 Å². The van der Waals surface area contributed by atoms with E-state index in [0.29, 0.717) is 5.92 Å². The standard InChI is InChI=1S/C12H16BrNO2.ClH/c13-9-1-2-11(15)10(7-9)12(14)8-3-5-16-6-4-8;/h1-2,7-8,12,15H,3-6,14H2;1H/t12-;/m1./s1. The van der Waals surface area contributed by atoms with Gasteiger partial charge in [0.2, 0.25) is 0 Å². The average molecular weight is 323 g/mol. The van der Waals surface area contributed by atoms with Crippen molar-refractivity contribution < 1.29 is 9.84 Å². The van der Waals surface area contributed by atoms with E-state index in [0.717, 1.165) is 36.1 Å². The molecule has 0 aliphatic carbocycles. The van der Waals surface area contributed by atoms with Crippen LogP contribution in [-0.2, 0) is 4.74 Å². The molecule has 1 aromatic carbocycles. The maximum Gasteiger partial charge on any atom is 0.120 e. The van der Waals surface area contributed by atoms with Crippen LogP contribution in [0.15, 0.2) is 22.7 Å². The molecule has 0 bridgehead atoms. The maximum atomic E-state index is 9.80. The highest BCUT2D eigenvalue weighted by Crippen LogP contribution is 2.34. The number of hydrogen-bond acceptors (Lipinski definition) is 3. The number of phenols is 1. The zero-order valence-electron chi connectivity index (χ0n) is 9.43. The number of benzene rings is 1. The minimum absolute atomic E-state index is 0. The van der Waals surface area contributed by atoms with Crippen molar-refractivity contribution in [1.29, 1.82) is 0 Å². The van der Waals surface area contributed by atoms with Gasteiger partial charge in [0.05, 0.1) is 0 Å². The molecule has 2 rings (SSSR count). The fraction of sp³-hybridized carbons (Fsp3) is 0.500. The van der Waals surface area contributed by atoms with Crippen molar-refractivity contribution in [1.82, 2.24) is 0 Å². The molecule has 5 heteroatoms. The lowest BCUT2D eigenvalue weighted by molar-refractivity contribution is 0.0581. The van der Waals surface area contributed by atoms with Crippen LogP contribution >= 0.6 is 28.3 Å². The van der Waals surface area contributed by atoms with E-state index >= 15 is 0 Å². The number of halogens is 2. The number of rotatable bonds is 2. The van der Waals surface area contributed by atoms with Gasteiger partial charge in [0.15, 0.2) is 0 Å². The molecule has 0 radical (unpaired) electrons. The van der Waals surface area contributed by atoms with E-state index in [-0.39, 0.29) is 24.2 Å². The Kier molecular flexibility index (Phi) is 5.73. The smallest absolute Gasteiger partial charge is 0.120 e. The van der Waals surface area contributed by atoms with E-state index < -0.39 is 0 Å². The lowest BCUT2D eigenvalue weighted by atomic mass is 9.87. The number of nitrogens with two attached hydrogens (primary N) is 1. The molecule has 1 saturated heterocycles. The molecule has 3 nitrogen and oxygen atoms in total. The fourth-order valence-corrected chi connectivity index (χ4v) is 2.50. The van der Waals surface area contributed by atoms with Crippen molar-refractivity contribution in [3.63, 3.8) is 0 Å². The molecule has 0 amide bonds. The molecule has 1 aliphatic heterocycles. The number of aromatic hydroxyl groups is 1. The molecule has 1 fully saturated rings. The summed E-state index contributed by atoms with van der Waals surface area (Å²) in [5.74, 6) is 0.677. The summed E-state index contributed by atoms with van der Waals surface area (Å²) >= 11 is 3.40. The van der Waals surface area contributed by atoms with Gasteiger partial charge in [-0.3, -0.25) is 0 Å². The molecular weight excluding hydrogens is 305 g/mol. The third-order valence-electron chi connectivity index (χ3n) is 3.12. The third kappa shape index (κ3) is 3.58. The lowest BCUT2D eigenvalue weighted by Crippen LogP contribution is -2.27. The van der Waals surface area contributed by atoms with Crippen LogP contribution in [-0.4, -0.2) is 18.3 Å². The Morgan fingerprint density at radius 2 is 2.00 bits per heavy atom. The van der Waals surface area contributed by atoms with Gasteiger partial charge in [-0.15, -0.1) is 12.4 Å². The van der Waals surface area contributed by atoms with Gasteiger partial charge in [0.1, 0.15) is 5.75 Å². The number of hydrogen-bond donors (Lipinski definition) is 2. The van der Waals surface area contributed by atoms with Crippen LogP contribution in [0.3, 0.4) is 0 Å². The van der Waals surface area contributed by atoms with Crippen molar-refractivity contribution in [3.8, 4) is 5.75 Å². The normalized spacial score (nSPS) is 18.5. The van der Waals surface area contributed by atoms with Gasteiger partial charge < -0.3 is 15.6 Å². The van der Waals surface area contributed by atoms with Crippen molar-refractivity contribution in [2.45, 2.75) is 18.9 Å². The van der Waals surface area contributed by atoms with E-state index in [4.69, 9.17) is 10.5 Å². The van der Waals surface area contributed by atoms with E-state index in [2.05, 4.69) is 15.9 Å². The predicted molar refractivity (Wildman–Crippen MR) is 73.5 cm³/mol. The van der Waals surface area contributed by atoms with Gasteiger partial charge in [-0.1, -0.05) is 15.9 Å². The highest BCUT2D eigenvalue weighted by Gasteiger charge is 2.24. The van der Waals surface area contributed by atoms with E-state index in [9.17, 15) is 5.11 Å². The first-order valence-corrected chi connectivity index (χ1v) is 6.29. The SMILES string of the molecule is Cl.N[C@@H](c1cc(Br)ccc1O)C1CCOCC1. The summed E-state index contributed by atoms with van der Waals surface area (Å²) in [4.78, 5) is 0. The van der Waals surface area contributed by atoms with Crippen LogP contribution in [0, 0.1) is 5.92 Å². The molecule has 1 aliphatic rings. The van der Waals surface area contributed by atoms with E-state index in [1.165, 1.54) is 0 Å². The van der Waals surface area contributed by atoms with Gasteiger partial charge in [-0.2, -0.15) is 0 Å². The Hall–Kier alpha value is -0.290. The van der Waals surface area contributed by atoms with Crippen molar-refractivity contribution >= 4 is 28.3 Å². The molecule has 17 heavy (non-hydrogen) atoms. The molecule has 1 atom stereocenters. The maximum absolute atomic E-state index is 9.80. The monoisotopic (exact) mass is 321 g/mol. The first-order valence-electron chi connectivity index (χ1n) is 5.50. The second-order valence-electron chi connectivity index (χ2n) is 4.18. The summed E-state index contributed by atoms with van der Waals surface area (Å²) in [6.07, 6.45) is 1.93. The summed E-state index contributed by atoms with van der Waals surface area (Å²) < 4.78 is 6.26. The van der Waals surface area contributed by atoms with Crippen molar-refractivity contribution in [3.05, 3.63) is 28.2 Å². The van der Waals surface area contributed by atoms with Gasteiger partial charge in [-0.05, 0) is 37.0 Å².